The van der Waals surface area contributed by atoms with E-state index in [-0.39, 0.29) is 25.9 Å². The normalized spacial score (nSPS) is 12.0. The second kappa shape index (κ2) is 23.8. The summed E-state index contributed by atoms with van der Waals surface area (Å²) in [6, 6.07) is 35.4. The Morgan fingerprint density at radius 2 is 0.843 bits per heavy atom. The third-order valence-corrected chi connectivity index (χ3v) is 11.0. The SMILES string of the molecule is COc1ccc(N(CCc2ccc(C(F)(F)F)cc2)C(=O)C(C(=O)O)c2ccccc2)cc1OC.COc1ccc(N(CCc2ccc(C(F)(F)F)cc2)C(=O)C(C(N)=O)c2ccccc2)cc1OC. The number of carboxylic acid groups (broad SMARTS) is 1. The smallest absolute Gasteiger partial charge is 0.416 e. The third-order valence-electron chi connectivity index (χ3n) is 11.0. The summed E-state index contributed by atoms with van der Waals surface area (Å²) in [4.78, 5) is 54.3. The maximum atomic E-state index is 13.7. The first kappa shape index (κ1) is 52.9. The highest BCUT2D eigenvalue weighted by Crippen LogP contribution is 2.36. The Balaban J connectivity index is 0.000000261. The summed E-state index contributed by atoms with van der Waals surface area (Å²) in [7, 11) is 5.82. The molecule has 2 atom stereocenters. The van der Waals surface area contributed by atoms with Gasteiger partial charge in [0.25, 0.3) is 0 Å². The number of nitrogens with zero attached hydrogens (tertiary/aromatic N) is 2. The van der Waals surface area contributed by atoms with Gasteiger partial charge in [0.05, 0.1) is 39.6 Å². The van der Waals surface area contributed by atoms with Crippen LogP contribution in [-0.2, 0) is 44.4 Å². The molecule has 3 amide bonds. The minimum atomic E-state index is -4.45. The summed E-state index contributed by atoms with van der Waals surface area (Å²) in [5.41, 5.74) is 6.76. The van der Waals surface area contributed by atoms with Crippen LogP contribution in [0, 0.1) is 0 Å². The van der Waals surface area contributed by atoms with Crippen LogP contribution in [0.1, 0.15) is 45.2 Å². The monoisotopic (exact) mass is 973 g/mol. The summed E-state index contributed by atoms with van der Waals surface area (Å²) in [6.07, 6.45) is -8.47. The summed E-state index contributed by atoms with van der Waals surface area (Å²) in [6.45, 7) is 0.104. The first-order valence-corrected chi connectivity index (χ1v) is 21.3. The Bertz CT molecular complexity index is 2520. The fourth-order valence-electron chi connectivity index (χ4n) is 7.34. The molecule has 0 saturated carbocycles. The molecule has 0 aliphatic heterocycles. The van der Waals surface area contributed by atoms with Gasteiger partial charge in [-0.15, -0.1) is 0 Å². The highest BCUT2D eigenvalue weighted by molar-refractivity contribution is 6.12. The van der Waals surface area contributed by atoms with Crippen molar-refractivity contribution in [2.75, 3.05) is 51.3 Å². The van der Waals surface area contributed by atoms with Gasteiger partial charge in [-0.2, -0.15) is 26.3 Å². The zero-order valence-corrected chi connectivity index (χ0v) is 38.3. The molecule has 0 aliphatic carbocycles. The molecule has 0 aliphatic rings. The Morgan fingerprint density at radius 3 is 1.16 bits per heavy atom. The average molecular weight is 974 g/mol. The van der Waals surface area contributed by atoms with Crippen LogP contribution in [0.2, 0.25) is 0 Å². The molecular formula is C52H49F6N3O9. The number of anilines is 2. The van der Waals surface area contributed by atoms with Crippen LogP contribution in [-0.4, -0.2) is 70.3 Å². The van der Waals surface area contributed by atoms with Crippen LogP contribution in [0.25, 0.3) is 0 Å². The number of rotatable bonds is 18. The number of aliphatic carboxylic acids is 1. The molecule has 0 radical (unpaired) electrons. The van der Waals surface area contributed by atoms with E-state index in [9.17, 15) is 50.6 Å². The number of hydrogen-bond donors (Lipinski definition) is 2. The van der Waals surface area contributed by atoms with Gasteiger partial charge in [0, 0.05) is 36.6 Å². The van der Waals surface area contributed by atoms with Gasteiger partial charge >= 0.3 is 18.3 Å². The van der Waals surface area contributed by atoms with Crippen molar-refractivity contribution in [3.05, 3.63) is 179 Å². The topological polar surface area (TPSA) is 158 Å². The average Bonchev–Trinajstić information content (AvgIpc) is 3.34. The quantitative estimate of drug-likeness (QED) is 0.0632. The van der Waals surface area contributed by atoms with E-state index in [2.05, 4.69) is 0 Å². The van der Waals surface area contributed by atoms with Crippen LogP contribution in [0.4, 0.5) is 37.7 Å². The number of benzene rings is 6. The molecule has 6 aromatic rings. The lowest BCUT2D eigenvalue weighted by molar-refractivity contribution is -0.143. The van der Waals surface area contributed by atoms with E-state index in [0.29, 0.717) is 56.6 Å². The van der Waals surface area contributed by atoms with Gasteiger partial charge in [0.1, 0.15) is 5.92 Å². The molecular weight excluding hydrogens is 925 g/mol. The van der Waals surface area contributed by atoms with Crippen molar-refractivity contribution < 1.29 is 69.6 Å². The van der Waals surface area contributed by atoms with Crippen molar-refractivity contribution in [2.24, 2.45) is 5.73 Å². The highest BCUT2D eigenvalue weighted by atomic mass is 19.4. The van der Waals surface area contributed by atoms with E-state index in [1.807, 2.05) is 0 Å². The first-order chi connectivity index (χ1) is 33.3. The zero-order chi connectivity index (χ0) is 51.2. The number of primary amides is 1. The van der Waals surface area contributed by atoms with Crippen LogP contribution in [0.15, 0.2) is 146 Å². The van der Waals surface area contributed by atoms with Crippen molar-refractivity contribution in [3.8, 4) is 23.0 Å². The lowest BCUT2D eigenvalue weighted by atomic mass is 9.96. The molecule has 0 bridgehead atoms. The molecule has 2 unspecified atom stereocenters. The maximum Gasteiger partial charge on any atom is 0.416 e. The van der Waals surface area contributed by atoms with Gasteiger partial charge in [0.2, 0.25) is 17.7 Å². The van der Waals surface area contributed by atoms with Gasteiger partial charge in [-0.25, -0.2) is 0 Å². The summed E-state index contributed by atoms with van der Waals surface area (Å²) in [5, 5.41) is 9.87. The number of alkyl halides is 6. The van der Waals surface area contributed by atoms with Gasteiger partial charge in [-0.05, 0) is 83.6 Å². The number of ether oxygens (including phenoxy) is 4. The molecule has 0 fully saturated rings. The molecule has 6 aromatic carbocycles. The van der Waals surface area contributed by atoms with E-state index < -0.39 is 59.0 Å². The number of carbonyl (C=O) groups excluding carboxylic acids is 3. The van der Waals surface area contributed by atoms with E-state index in [1.165, 1.54) is 62.5 Å². The predicted molar refractivity (Wildman–Crippen MR) is 249 cm³/mol. The Morgan fingerprint density at radius 1 is 0.500 bits per heavy atom. The van der Waals surface area contributed by atoms with Crippen molar-refractivity contribution in [2.45, 2.75) is 37.0 Å². The van der Waals surface area contributed by atoms with Crippen molar-refractivity contribution in [3.63, 3.8) is 0 Å². The first-order valence-electron chi connectivity index (χ1n) is 21.3. The molecule has 368 valence electrons. The summed E-state index contributed by atoms with van der Waals surface area (Å²) in [5.74, 6) is -4.55. The number of halogens is 6. The standard InChI is InChI=1S/C26H25F3N2O4.C26H24F3NO5/c1-34-21-13-12-20(16-22(21)35-2)31(15-14-17-8-10-19(11-9-17)26(27,28)29)25(33)23(24(30)32)18-6-4-3-5-7-18;1-34-21-13-12-20(16-22(21)35-2)30(15-14-17-8-10-19(11-9-17)26(27,28)29)24(31)23(25(32)33)18-6-4-3-5-7-18/h3-13,16,23H,14-15H2,1-2H3,(H2,30,32);3-13,16,23H,14-15H2,1-2H3,(H,32,33). The molecule has 3 N–H and O–H groups in total. The lowest BCUT2D eigenvalue weighted by Gasteiger charge is -2.27. The molecule has 0 spiro atoms. The second-order valence-corrected chi connectivity index (χ2v) is 15.4. The van der Waals surface area contributed by atoms with Crippen LogP contribution in [0.5, 0.6) is 23.0 Å². The second-order valence-electron chi connectivity index (χ2n) is 15.4. The number of carboxylic acids is 1. The fourth-order valence-corrected chi connectivity index (χ4v) is 7.34. The molecule has 70 heavy (non-hydrogen) atoms. The Kier molecular flexibility index (Phi) is 18.0. The number of amides is 3. The molecule has 18 heteroatoms. The number of methoxy groups -OCH3 is 4. The minimum absolute atomic E-state index is 0.0241. The van der Waals surface area contributed by atoms with Gasteiger partial charge in [-0.3, -0.25) is 19.2 Å². The van der Waals surface area contributed by atoms with Gasteiger partial charge in [-0.1, -0.05) is 84.9 Å². The van der Waals surface area contributed by atoms with E-state index in [0.717, 1.165) is 24.3 Å². The number of hydrogen-bond acceptors (Lipinski definition) is 8. The largest absolute Gasteiger partial charge is 0.493 e. The molecule has 0 saturated heterocycles. The van der Waals surface area contributed by atoms with Gasteiger partial charge in [0.15, 0.2) is 28.9 Å². The van der Waals surface area contributed by atoms with Crippen LogP contribution >= 0.6 is 0 Å². The van der Waals surface area contributed by atoms with Gasteiger partial charge < -0.3 is 39.6 Å². The predicted octanol–water partition coefficient (Wildman–Crippen LogP) is 9.73. The maximum absolute atomic E-state index is 13.7. The summed E-state index contributed by atoms with van der Waals surface area (Å²) >= 11 is 0. The minimum Gasteiger partial charge on any atom is -0.493 e. The van der Waals surface area contributed by atoms with E-state index >= 15 is 0 Å². The van der Waals surface area contributed by atoms with Crippen molar-refractivity contribution in [1.29, 1.82) is 0 Å². The fraction of sp³-hybridized carbons (Fsp3) is 0.231. The van der Waals surface area contributed by atoms with Crippen molar-refractivity contribution in [1.82, 2.24) is 0 Å². The Hall–Kier alpha value is -8.02. The molecule has 0 aromatic heterocycles. The van der Waals surface area contributed by atoms with Crippen molar-refractivity contribution >= 4 is 35.1 Å². The Labute approximate surface area is 399 Å². The molecule has 6 rings (SSSR count). The highest BCUT2D eigenvalue weighted by Gasteiger charge is 2.35. The van der Waals surface area contributed by atoms with E-state index in [4.69, 9.17) is 24.7 Å². The zero-order valence-electron chi connectivity index (χ0n) is 38.3. The van der Waals surface area contributed by atoms with Crippen LogP contribution < -0.4 is 34.5 Å². The molecule has 0 heterocycles. The number of carbonyl (C=O) groups is 4. The van der Waals surface area contributed by atoms with Crippen LogP contribution in [0.3, 0.4) is 0 Å². The molecule has 12 nitrogen and oxygen atoms in total. The third kappa shape index (κ3) is 13.6. The summed E-state index contributed by atoms with van der Waals surface area (Å²) < 4.78 is 98.5. The lowest BCUT2D eigenvalue weighted by Crippen LogP contribution is -2.41. The number of nitrogens with two attached hydrogens (primary N) is 1. The van der Waals surface area contributed by atoms with E-state index in [1.54, 1.807) is 97.1 Å².